The van der Waals surface area contributed by atoms with E-state index in [-0.39, 0.29) is 0 Å². The van der Waals surface area contributed by atoms with Gasteiger partial charge in [0.05, 0.1) is 24.6 Å². The summed E-state index contributed by atoms with van der Waals surface area (Å²) < 4.78 is 11.4. The van der Waals surface area contributed by atoms with Crippen LogP contribution in [0.3, 0.4) is 0 Å². The van der Waals surface area contributed by atoms with Crippen LogP contribution in [0.15, 0.2) is 83.0 Å². The summed E-state index contributed by atoms with van der Waals surface area (Å²) >= 11 is 0. The second-order valence-corrected chi connectivity index (χ2v) is 8.52. The number of benzene rings is 3. The monoisotopic (exact) mass is 458 g/mol. The van der Waals surface area contributed by atoms with Gasteiger partial charge >= 0.3 is 0 Å². The largest absolute Gasteiger partial charge is 0.494 e. The molecule has 3 aromatic rings. The zero-order valence-corrected chi connectivity index (χ0v) is 20.7. The van der Waals surface area contributed by atoms with Crippen molar-refractivity contribution in [2.75, 3.05) is 13.2 Å². The Morgan fingerprint density at radius 2 is 0.941 bits per heavy atom. The van der Waals surface area contributed by atoms with Crippen LogP contribution in [0.4, 0.5) is 11.4 Å². The molecule has 180 valence electrons. The zero-order valence-electron chi connectivity index (χ0n) is 20.7. The van der Waals surface area contributed by atoms with Crippen LogP contribution < -0.4 is 9.47 Å². The SMILES string of the molecule is CCCCCCCCCCOc1ccc(/N=N/c2ccc(-c3ccc(OCC)cc3)cc2)cc1. The molecule has 4 heteroatoms. The Bertz CT molecular complexity index is 964. The standard InChI is InChI=1S/C30H38N2O2/c1-3-5-6-7-8-9-10-11-24-34-30-22-18-28(19-23-30)32-31-27-16-12-25(13-17-27)26-14-20-29(21-15-26)33-4-2/h12-23H,3-11,24H2,1-2H3/b32-31+. The van der Waals surface area contributed by atoms with Gasteiger partial charge in [-0.2, -0.15) is 10.2 Å². The van der Waals surface area contributed by atoms with Crippen molar-refractivity contribution in [3.05, 3.63) is 72.8 Å². The lowest BCUT2D eigenvalue weighted by molar-refractivity contribution is 0.304. The first kappa shape index (κ1) is 25.5. The number of azo groups is 1. The topological polar surface area (TPSA) is 43.2 Å². The summed E-state index contributed by atoms with van der Waals surface area (Å²) in [4.78, 5) is 0. The molecule has 0 radical (unpaired) electrons. The molecule has 0 saturated heterocycles. The minimum Gasteiger partial charge on any atom is -0.494 e. The summed E-state index contributed by atoms with van der Waals surface area (Å²) in [5.74, 6) is 1.78. The third kappa shape index (κ3) is 9.01. The van der Waals surface area contributed by atoms with Crippen molar-refractivity contribution in [3.63, 3.8) is 0 Å². The number of hydrogen-bond donors (Lipinski definition) is 0. The van der Waals surface area contributed by atoms with Crippen molar-refractivity contribution >= 4 is 11.4 Å². The van der Waals surface area contributed by atoms with Gasteiger partial charge in [-0.1, -0.05) is 76.1 Å². The average molecular weight is 459 g/mol. The summed E-state index contributed by atoms with van der Waals surface area (Å²) in [5, 5.41) is 8.72. The fourth-order valence-corrected chi connectivity index (χ4v) is 3.78. The van der Waals surface area contributed by atoms with Gasteiger partial charge in [0, 0.05) is 0 Å². The quantitative estimate of drug-likeness (QED) is 0.168. The van der Waals surface area contributed by atoms with Crippen molar-refractivity contribution in [1.29, 1.82) is 0 Å². The van der Waals surface area contributed by atoms with E-state index in [1.54, 1.807) is 0 Å². The van der Waals surface area contributed by atoms with Gasteiger partial charge in [-0.15, -0.1) is 0 Å². The molecule has 0 aromatic heterocycles. The summed E-state index contributed by atoms with van der Waals surface area (Å²) in [5.41, 5.74) is 3.93. The highest BCUT2D eigenvalue weighted by Gasteiger charge is 2.00. The van der Waals surface area contributed by atoms with Gasteiger partial charge in [0.25, 0.3) is 0 Å². The Labute approximate surface area is 205 Å². The van der Waals surface area contributed by atoms with Gasteiger partial charge in [-0.05, 0) is 73.0 Å². The molecule has 0 N–H and O–H groups in total. The predicted octanol–water partition coefficient (Wildman–Crippen LogP) is 9.69. The molecular formula is C30H38N2O2. The number of nitrogens with zero attached hydrogens (tertiary/aromatic N) is 2. The second kappa shape index (κ2) is 14.9. The Morgan fingerprint density at radius 1 is 0.500 bits per heavy atom. The predicted molar refractivity (Wildman–Crippen MR) is 142 cm³/mol. The molecule has 0 spiro atoms. The van der Waals surface area contributed by atoms with Crippen LogP contribution in [0, 0.1) is 0 Å². The lowest BCUT2D eigenvalue weighted by atomic mass is 10.1. The van der Waals surface area contributed by atoms with Crippen LogP contribution in [0.5, 0.6) is 11.5 Å². The van der Waals surface area contributed by atoms with Crippen LogP contribution >= 0.6 is 0 Å². The highest BCUT2D eigenvalue weighted by atomic mass is 16.5. The van der Waals surface area contributed by atoms with Crippen LogP contribution in [0.25, 0.3) is 11.1 Å². The minimum absolute atomic E-state index is 0.675. The van der Waals surface area contributed by atoms with Gasteiger partial charge in [0.15, 0.2) is 0 Å². The maximum atomic E-state index is 5.86. The van der Waals surface area contributed by atoms with Crippen LogP contribution in [-0.2, 0) is 0 Å². The smallest absolute Gasteiger partial charge is 0.119 e. The van der Waals surface area contributed by atoms with E-state index in [0.717, 1.165) is 47.0 Å². The minimum atomic E-state index is 0.675. The molecule has 0 saturated carbocycles. The van der Waals surface area contributed by atoms with Gasteiger partial charge in [-0.25, -0.2) is 0 Å². The van der Waals surface area contributed by atoms with Gasteiger partial charge in [0.1, 0.15) is 11.5 Å². The molecule has 0 aliphatic rings. The summed E-state index contributed by atoms with van der Waals surface area (Å²) in [6.07, 6.45) is 10.5. The van der Waals surface area contributed by atoms with Crippen molar-refractivity contribution in [1.82, 2.24) is 0 Å². The van der Waals surface area contributed by atoms with E-state index in [4.69, 9.17) is 9.47 Å². The third-order valence-electron chi connectivity index (χ3n) is 5.75. The highest BCUT2D eigenvalue weighted by Crippen LogP contribution is 2.26. The van der Waals surface area contributed by atoms with Crippen molar-refractivity contribution < 1.29 is 9.47 Å². The zero-order chi connectivity index (χ0) is 23.8. The maximum Gasteiger partial charge on any atom is 0.119 e. The molecular weight excluding hydrogens is 420 g/mol. The van der Waals surface area contributed by atoms with Crippen molar-refractivity contribution in [3.8, 4) is 22.6 Å². The Balaban J connectivity index is 1.40. The molecule has 4 nitrogen and oxygen atoms in total. The molecule has 0 aliphatic carbocycles. The molecule has 0 amide bonds. The molecule has 0 aliphatic heterocycles. The number of ether oxygens (including phenoxy) is 2. The fraction of sp³-hybridized carbons (Fsp3) is 0.400. The van der Waals surface area contributed by atoms with E-state index < -0.39 is 0 Å². The molecule has 0 bridgehead atoms. The van der Waals surface area contributed by atoms with Crippen molar-refractivity contribution in [2.45, 2.75) is 65.2 Å². The van der Waals surface area contributed by atoms with Crippen LogP contribution in [0.1, 0.15) is 65.2 Å². The second-order valence-electron chi connectivity index (χ2n) is 8.52. The molecule has 0 atom stereocenters. The molecule has 3 rings (SSSR count). The normalized spacial score (nSPS) is 11.1. The number of rotatable bonds is 15. The first-order chi connectivity index (χ1) is 16.8. The summed E-state index contributed by atoms with van der Waals surface area (Å²) in [7, 11) is 0. The third-order valence-corrected chi connectivity index (χ3v) is 5.75. The molecule has 34 heavy (non-hydrogen) atoms. The van der Waals surface area contributed by atoms with Crippen molar-refractivity contribution in [2.24, 2.45) is 10.2 Å². The number of unbranched alkanes of at least 4 members (excludes halogenated alkanes) is 7. The van der Waals surface area contributed by atoms with E-state index >= 15 is 0 Å². The van der Waals surface area contributed by atoms with Gasteiger partial charge in [0.2, 0.25) is 0 Å². The first-order valence-electron chi connectivity index (χ1n) is 12.8. The fourth-order valence-electron chi connectivity index (χ4n) is 3.78. The Morgan fingerprint density at radius 3 is 1.50 bits per heavy atom. The molecule has 0 unspecified atom stereocenters. The molecule has 0 heterocycles. The average Bonchev–Trinajstić information content (AvgIpc) is 2.88. The number of hydrogen-bond acceptors (Lipinski definition) is 4. The maximum absolute atomic E-state index is 5.86. The lowest BCUT2D eigenvalue weighted by Gasteiger charge is -2.06. The van der Waals surface area contributed by atoms with Crippen LogP contribution in [-0.4, -0.2) is 13.2 Å². The summed E-state index contributed by atoms with van der Waals surface area (Å²) in [6.45, 7) is 5.70. The Kier molecular flexibility index (Phi) is 11.2. The van der Waals surface area contributed by atoms with Crippen LogP contribution in [0.2, 0.25) is 0 Å². The lowest BCUT2D eigenvalue weighted by Crippen LogP contribution is -1.96. The first-order valence-corrected chi connectivity index (χ1v) is 12.8. The van der Waals surface area contributed by atoms with E-state index in [1.165, 1.54) is 44.9 Å². The van der Waals surface area contributed by atoms with E-state index in [1.807, 2.05) is 55.5 Å². The van der Waals surface area contributed by atoms with E-state index in [0.29, 0.717) is 6.61 Å². The van der Waals surface area contributed by atoms with E-state index in [2.05, 4.69) is 41.4 Å². The Hall–Kier alpha value is -3.14. The van der Waals surface area contributed by atoms with Gasteiger partial charge in [-0.3, -0.25) is 0 Å². The van der Waals surface area contributed by atoms with E-state index in [9.17, 15) is 0 Å². The molecule has 0 fully saturated rings. The highest BCUT2D eigenvalue weighted by molar-refractivity contribution is 5.66. The molecule has 3 aromatic carbocycles. The summed E-state index contributed by atoms with van der Waals surface area (Å²) in [6, 6.07) is 24.0. The van der Waals surface area contributed by atoms with Gasteiger partial charge < -0.3 is 9.47 Å².